The maximum absolute atomic E-state index is 13.2. The fraction of sp³-hybridized carbons (Fsp3) is 0.250. The van der Waals surface area contributed by atoms with Crippen LogP contribution in [0.5, 0.6) is 0 Å². The third kappa shape index (κ3) is 1.87. The molecule has 6 heteroatoms. The SMILES string of the molecule is Nc1nc(-c2ccc(F)c(F)c2)c(C2COC2)s1. The Bertz CT molecular complexity index is 596. The molecule has 0 atom stereocenters. The van der Waals surface area contributed by atoms with E-state index >= 15 is 0 Å². The Morgan fingerprint density at radius 2 is 2.06 bits per heavy atom. The average Bonchev–Trinajstić information content (AvgIpc) is 2.62. The molecule has 1 saturated heterocycles. The van der Waals surface area contributed by atoms with Crippen molar-refractivity contribution in [2.75, 3.05) is 18.9 Å². The highest BCUT2D eigenvalue weighted by atomic mass is 32.1. The first-order valence-electron chi connectivity index (χ1n) is 5.44. The molecular formula is C12H10F2N2OS. The summed E-state index contributed by atoms with van der Waals surface area (Å²) in [5.41, 5.74) is 6.87. The van der Waals surface area contributed by atoms with E-state index in [1.807, 2.05) is 0 Å². The minimum Gasteiger partial charge on any atom is -0.380 e. The first kappa shape index (κ1) is 11.6. The summed E-state index contributed by atoms with van der Waals surface area (Å²) in [6.07, 6.45) is 0. The van der Waals surface area contributed by atoms with Crippen LogP contribution in [0.1, 0.15) is 10.8 Å². The van der Waals surface area contributed by atoms with Gasteiger partial charge in [-0.05, 0) is 18.2 Å². The summed E-state index contributed by atoms with van der Waals surface area (Å²) in [4.78, 5) is 5.18. The lowest BCUT2D eigenvalue weighted by Gasteiger charge is -2.25. The molecular weight excluding hydrogens is 258 g/mol. The maximum atomic E-state index is 13.2. The number of hydrogen-bond acceptors (Lipinski definition) is 4. The van der Waals surface area contributed by atoms with Crippen LogP contribution in [0.3, 0.4) is 0 Å². The van der Waals surface area contributed by atoms with Crippen LogP contribution in [0.2, 0.25) is 0 Å². The van der Waals surface area contributed by atoms with Crippen molar-refractivity contribution in [1.29, 1.82) is 0 Å². The van der Waals surface area contributed by atoms with Gasteiger partial charge >= 0.3 is 0 Å². The Morgan fingerprint density at radius 3 is 2.67 bits per heavy atom. The van der Waals surface area contributed by atoms with Crippen molar-refractivity contribution in [1.82, 2.24) is 4.98 Å². The van der Waals surface area contributed by atoms with E-state index in [2.05, 4.69) is 4.98 Å². The zero-order valence-electron chi connectivity index (χ0n) is 9.32. The van der Waals surface area contributed by atoms with Crippen LogP contribution in [-0.2, 0) is 4.74 Å². The van der Waals surface area contributed by atoms with Gasteiger partial charge in [0.25, 0.3) is 0 Å². The quantitative estimate of drug-likeness (QED) is 0.911. The molecule has 0 saturated carbocycles. The summed E-state index contributed by atoms with van der Waals surface area (Å²) >= 11 is 1.37. The van der Waals surface area contributed by atoms with E-state index < -0.39 is 11.6 Å². The van der Waals surface area contributed by atoms with E-state index in [9.17, 15) is 8.78 Å². The van der Waals surface area contributed by atoms with E-state index in [-0.39, 0.29) is 5.92 Å². The molecule has 0 spiro atoms. The fourth-order valence-electron chi connectivity index (χ4n) is 1.86. The lowest BCUT2D eigenvalue weighted by molar-refractivity contribution is 0.0100. The summed E-state index contributed by atoms with van der Waals surface area (Å²) in [6.45, 7) is 1.25. The summed E-state index contributed by atoms with van der Waals surface area (Å²) in [5, 5.41) is 0.427. The van der Waals surface area contributed by atoms with Gasteiger partial charge in [0.1, 0.15) is 0 Å². The Balaban J connectivity index is 2.07. The molecule has 1 aliphatic rings. The minimum absolute atomic E-state index is 0.253. The van der Waals surface area contributed by atoms with Gasteiger partial charge in [-0.25, -0.2) is 13.8 Å². The van der Waals surface area contributed by atoms with Gasteiger partial charge in [-0.2, -0.15) is 0 Å². The number of anilines is 1. The van der Waals surface area contributed by atoms with Crippen molar-refractivity contribution in [3.05, 3.63) is 34.7 Å². The highest BCUT2D eigenvalue weighted by Gasteiger charge is 2.27. The topological polar surface area (TPSA) is 48.1 Å². The molecule has 2 aromatic rings. The second-order valence-electron chi connectivity index (χ2n) is 4.13. The highest BCUT2D eigenvalue weighted by Crippen LogP contribution is 2.38. The summed E-state index contributed by atoms with van der Waals surface area (Å²) in [6, 6.07) is 3.75. The molecule has 3 rings (SSSR count). The molecule has 1 fully saturated rings. The molecule has 2 heterocycles. The smallest absolute Gasteiger partial charge is 0.180 e. The molecule has 18 heavy (non-hydrogen) atoms. The average molecular weight is 268 g/mol. The van der Waals surface area contributed by atoms with E-state index in [0.717, 1.165) is 17.0 Å². The number of rotatable bonds is 2. The van der Waals surface area contributed by atoms with Crippen LogP contribution in [0.4, 0.5) is 13.9 Å². The van der Waals surface area contributed by atoms with Gasteiger partial charge in [0.05, 0.1) is 18.9 Å². The first-order valence-corrected chi connectivity index (χ1v) is 6.26. The van der Waals surface area contributed by atoms with Gasteiger partial charge in [-0.3, -0.25) is 0 Å². The Morgan fingerprint density at radius 1 is 1.28 bits per heavy atom. The second kappa shape index (κ2) is 4.29. The molecule has 0 unspecified atom stereocenters. The Hall–Kier alpha value is -1.53. The molecule has 1 aromatic heterocycles. The molecule has 0 amide bonds. The van der Waals surface area contributed by atoms with Gasteiger partial charge in [-0.15, -0.1) is 11.3 Å². The molecule has 94 valence electrons. The number of nitrogens with two attached hydrogens (primary N) is 1. The third-order valence-electron chi connectivity index (χ3n) is 2.87. The van der Waals surface area contributed by atoms with Crippen LogP contribution in [0.25, 0.3) is 11.3 Å². The van der Waals surface area contributed by atoms with E-state index in [4.69, 9.17) is 10.5 Å². The molecule has 0 bridgehead atoms. The van der Waals surface area contributed by atoms with Crippen LogP contribution < -0.4 is 5.73 Å². The standard InChI is InChI=1S/C12H10F2N2OS/c13-8-2-1-6(3-9(8)14)10-11(7-4-17-5-7)18-12(15)16-10/h1-3,7H,4-5H2,(H2,15,16). The van der Waals surface area contributed by atoms with Crippen LogP contribution in [0, 0.1) is 11.6 Å². The normalized spacial score (nSPS) is 15.7. The highest BCUT2D eigenvalue weighted by molar-refractivity contribution is 7.15. The molecule has 1 aliphatic heterocycles. The van der Waals surface area contributed by atoms with Crippen LogP contribution >= 0.6 is 11.3 Å². The summed E-state index contributed by atoms with van der Waals surface area (Å²) < 4.78 is 31.3. The number of halogens is 2. The molecule has 2 N–H and O–H groups in total. The largest absolute Gasteiger partial charge is 0.380 e. The van der Waals surface area contributed by atoms with E-state index in [1.165, 1.54) is 17.4 Å². The fourth-order valence-corrected chi connectivity index (χ4v) is 2.79. The predicted molar refractivity (Wildman–Crippen MR) is 65.4 cm³/mol. The zero-order chi connectivity index (χ0) is 12.7. The van der Waals surface area contributed by atoms with Crippen molar-refractivity contribution < 1.29 is 13.5 Å². The minimum atomic E-state index is -0.880. The molecule has 3 nitrogen and oxygen atoms in total. The summed E-state index contributed by atoms with van der Waals surface area (Å²) in [5.74, 6) is -1.49. The van der Waals surface area contributed by atoms with Crippen molar-refractivity contribution in [3.63, 3.8) is 0 Å². The van der Waals surface area contributed by atoms with Crippen molar-refractivity contribution in [3.8, 4) is 11.3 Å². The maximum Gasteiger partial charge on any atom is 0.180 e. The van der Waals surface area contributed by atoms with Crippen LogP contribution in [-0.4, -0.2) is 18.2 Å². The number of benzene rings is 1. The monoisotopic (exact) mass is 268 g/mol. The number of hydrogen-bond donors (Lipinski definition) is 1. The molecule has 1 aromatic carbocycles. The van der Waals surface area contributed by atoms with Crippen molar-refractivity contribution in [2.24, 2.45) is 0 Å². The lowest BCUT2D eigenvalue weighted by atomic mass is 10.0. The molecule has 0 aliphatic carbocycles. The second-order valence-corrected chi connectivity index (χ2v) is 5.19. The predicted octanol–water partition coefficient (Wildman–Crippen LogP) is 2.78. The number of nitrogens with zero attached hydrogens (tertiary/aromatic N) is 1. The summed E-state index contributed by atoms with van der Waals surface area (Å²) in [7, 11) is 0. The Labute approximate surface area is 106 Å². The first-order chi connectivity index (χ1) is 8.65. The number of aromatic nitrogens is 1. The third-order valence-corrected chi connectivity index (χ3v) is 3.92. The van der Waals surface area contributed by atoms with Gasteiger partial charge < -0.3 is 10.5 Å². The molecule has 0 radical (unpaired) electrons. The van der Waals surface area contributed by atoms with Gasteiger partial charge in [-0.1, -0.05) is 0 Å². The Kier molecular flexibility index (Phi) is 2.76. The van der Waals surface area contributed by atoms with Gasteiger partial charge in [0, 0.05) is 16.4 Å². The lowest BCUT2D eigenvalue weighted by Crippen LogP contribution is -2.24. The van der Waals surface area contributed by atoms with Gasteiger partial charge in [0.15, 0.2) is 16.8 Å². The van der Waals surface area contributed by atoms with Crippen molar-refractivity contribution >= 4 is 16.5 Å². The van der Waals surface area contributed by atoms with Crippen LogP contribution in [0.15, 0.2) is 18.2 Å². The number of ether oxygens (including phenoxy) is 1. The van der Waals surface area contributed by atoms with Gasteiger partial charge in [0.2, 0.25) is 0 Å². The number of thiazole rings is 1. The van der Waals surface area contributed by atoms with Crippen molar-refractivity contribution in [2.45, 2.75) is 5.92 Å². The van der Waals surface area contributed by atoms with E-state index in [1.54, 1.807) is 0 Å². The zero-order valence-corrected chi connectivity index (χ0v) is 10.1. The van der Waals surface area contributed by atoms with E-state index in [0.29, 0.717) is 29.6 Å². The number of nitrogen functional groups attached to an aromatic ring is 1.